The van der Waals surface area contributed by atoms with E-state index < -0.39 is 5.91 Å². The van der Waals surface area contributed by atoms with Gasteiger partial charge in [-0.1, -0.05) is 0 Å². The number of rotatable bonds is 8. The molecule has 0 saturated heterocycles. The molecule has 0 fully saturated rings. The third-order valence-electron chi connectivity index (χ3n) is 4.30. The van der Waals surface area contributed by atoms with Crippen molar-refractivity contribution >= 4 is 33.6 Å². The maximum absolute atomic E-state index is 13.1. The van der Waals surface area contributed by atoms with E-state index in [1.165, 1.54) is 35.0 Å². The van der Waals surface area contributed by atoms with Gasteiger partial charge in [0.05, 0.1) is 17.9 Å². The van der Waals surface area contributed by atoms with E-state index in [0.717, 1.165) is 0 Å². The number of carbonyl (C=O) groups excluding carboxylic acids is 2. The minimum absolute atomic E-state index is 0.0954. The van der Waals surface area contributed by atoms with Crippen LogP contribution in [-0.2, 0) is 11.2 Å². The maximum atomic E-state index is 13.1. The predicted molar refractivity (Wildman–Crippen MR) is 113 cm³/mol. The van der Waals surface area contributed by atoms with Crippen LogP contribution in [0.4, 0.5) is 10.2 Å². The zero-order valence-corrected chi connectivity index (χ0v) is 17.8. The molecule has 2 aromatic heterocycles. The molecule has 0 aliphatic rings. The summed E-state index contributed by atoms with van der Waals surface area (Å²) in [6.45, 7) is 0.113. The van der Waals surface area contributed by atoms with Crippen molar-refractivity contribution in [2.45, 2.75) is 12.8 Å². The molecular weight excluding hydrogens is 471 g/mol. The minimum atomic E-state index is -0.499. The zero-order valence-electron chi connectivity index (χ0n) is 16.2. The Labute approximate surface area is 185 Å². The minimum Gasteiger partial charge on any atom is -0.444 e. The smallest absolute Gasteiger partial charge is 0.287 e. The first-order chi connectivity index (χ1) is 14.9. The molecule has 0 saturated carbocycles. The van der Waals surface area contributed by atoms with Crippen molar-refractivity contribution in [3.8, 4) is 11.8 Å². The summed E-state index contributed by atoms with van der Waals surface area (Å²) in [5.74, 6) is -0.991. The van der Waals surface area contributed by atoms with Crippen LogP contribution in [0, 0.1) is 17.1 Å². The summed E-state index contributed by atoms with van der Waals surface area (Å²) >= 11 is 3.10. The average molecular weight is 489 g/mol. The number of hydrogen-bond donors (Lipinski definition) is 3. The summed E-state index contributed by atoms with van der Waals surface area (Å²) < 4.78 is 20.0. The second-order valence-electron chi connectivity index (χ2n) is 6.45. The lowest BCUT2D eigenvalue weighted by Crippen LogP contribution is -2.37. The van der Waals surface area contributed by atoms with Gasteiger partial charge in [0.1, 0.15) is 23.3 Å². The molecule has 160 valence electrons. The van der Waals surface area contributed by atoms with Gasteiger partial charge in [0.25, 0.3) is 5.91 Å². The largest absolute Gasteiger partial charge is 0.444 e. The highest BCUT2D eigenvalue weighted by Crippen LogP contribution is 2.21. The van der Waals surface area contributed by atoms with Gasteiger partial charge in [-0.3, -0.25) is 9.59 Å². The number of anilines is 1. The van der Waals surface area contributed by atoms with E-state index in [9.17, 15) is 19.2 Å². The first-order valence-electron chi connectivity index (χ1n) is 9.22. The molecule has 2 amide bonds. The van der Waals surface area contributed by atoms with Crippen molar-refractivity contribution in [2.75, 3.05) is 18.8 Å². The van der Waals surface area contributed by atoms with Gasteiger partial charge in [-0.2, -0.15) is 10.4 Å². The van der Waals surface area contributed by atoms with Crippen molar-refractivity contribution in [1.82, 2.24) is 20.4 Å². The van der Waals surface area contributed by atoms with Crippen LogP contribution in [-0.4, -0.2) is 34.7 Å². The summed E-state index contributed by atoms with van der Waals surface area (Å²) in [7, 11) is 0. The van der Waals surface area contributed by atoms with E-state index >= 15 is 0 Å². The summed E-state index contributed by atoms with van der Waals surface area (Å²) in [5, 5.41) is 18.9. The summed E-state index contributed by atoms with van der Waals surface area (Å²) in [6.07, 6.45) is 0.897. The highest BCUT2D eigenvalue weighted by Gasteiger charge is 2.17. The molecule has 31 heavy (non-hydrogen) atoms. The number of aryl methyl sites for hydroxylation is 1. The Bertz CT molecular complexity index is 1130. The molecular formula is C20H18BrFN6O3. The van der Waals surface area contributed by atoms with Crippen LogP contribution in [0.1, 0.15) is 28.2 Å². The summed E-state index contributed by atoms with van der Waals surface area (Å²) in [5.41, 5.74) is 7.28. The van der Waals surface area contributed by atoms with Gasteiger partial charge in [0, 0.05) is 6.54 Å². The molecule has 0 aliphatic carbocycles. The molecule has 0 spiro atoms. The predicted octanol–water partition coefficient (Wildman–Crippen LogP) is 2.30. The summed E-state index contributed by atoms with van der Waals surface area (Å²) in [4.78, 5) is 23.7. The van der Waals surface area contributed by atoms with Crippen molar-refractivity contribution in [3.05, 3.63) is 63.9 Å². The standard InChI is InChI=1S/C20H18BrFN6O3/c21-17-8-7-16(31-17)20(30)26-11-18(29)25-9-1-2-15-14(10-23)19(24)28(27-15)13-5-3-12(22)4-6-13/h3-8H,1-2,9,11,24H2,(H,25,29)(H,26,30). The molecule has 9 nitrogen and oxygen atoms in total. The Morgan fingerprint density at radius 3 is 2.61 bits per heavy atom. The zero-order chi connectivity index (χ0) is 22.4. The number of halogens is 2. The number of carbonyl (C=O) groups is 2. The van der Waals surface area contributed by atoms with Crippen LogP contribution >= 0.6 is 15.9 Å². The Morgan fingerprint density at radius 1 is 1.23 bits per heavy atom. The number of nitrogens with one attached hydrogen (secondary N) is 2. The lowest BCUT2D eigenvalue weighted by molar-refractivity contribution is -0.120. The second-order valence-corrected chi connectivity index (χ2v) is 7.23. The maximum Gasteiger partial charge on any atom is 0.287 e. The molecule has 11 heteroatoms. The van der Waals surface area contributed by atoms with Gasteiger partial charge in [0.2, 0.25) is 5.91 Å². The monoisotopic (exact) mass is 488 g/mol. The van der Waals surface area contributed by atoms with Crippen LogP contribution in [0.2, 0.25) is 0 Å². The van der Waals surface area contributed by atoms with Gasteiger partial charge in [-0.25, -0.2) is 9.07 Å². The van der Waals surface area contributed by atoms with E-state index in [2.05, 4.69) is 31.7 Å². The fraction of sp³-hybridized carbons (Fsp3) is 0.200. The Morgan fingerprint density at radius 2 is 1.97 bits per heavy atom. The van der Waals surface area contributed by atoms with Gasteiger partial charge in [0.15, 0.2) is 10.4 Å². The highest BCUT2D eigenvalue weighted by atomic mass is 79.9. The molecule has 0 aliphatic heterocycles. The van der Waals surface area contributed by atoms with Crippen LogP contribution in [0.25, 0.3) is 5.69 Å². The molecule has 3 rings (SSSR count). The van der Waals surface area contributed by atoms with Crippen molar-refractivity contribution in [1.29, 1.82) is 5.26 Å². The SMILES string of the molecule is N#Cc1c(CCCNC(=O)CNC(=O)c2ccc(Br)o2)nn(-c2ccc(F)cc2)c1N. The van der Waals surface area contributed by atoms with E-state index in [-0.39, 0.29) is 35.4 Å². The van der Waals surface area contributed by atoms with Gasteiger partial charge >= 0.3 is 0 Å². The number of benzene rings is 1. The van der Waals surface area contributed by atoms with Crippen LogP contribution in [0.3, 0.4) is 0 Å². The first-order valence-corrected chi connectivity index (χ1v) is 10.0. The molecule has 2 heterocycles. The number of amides is 2. The molecule has 0 radical (unpaired) electrons. The van der Waals surface area contributed by atoms with E-state index in [1.807, 2.05) is 6.07 Å². The molecule has 3 aromatic rings. The van der Waals surface area contributed by atoms with Gasteiger partial charge in [-0.05, 0) is 65.2 Å². The topological polar surface area (TPSA) is 139 Å². The van der Waals surface area contributed by atoms with Crippen molar-refractivity contribution in [3.63, 3.8) is 0 Å². The Balaban J connectivity index is 1.49. The molecule has 0 unspecified atom stereocenters. The van der Waals surface area contributed by atoms with E-state index in [1.54, 1.807) is 6.07 Å². The summed E-state index contributed by atoms with van der Waals surface area (Å²) in [6, 6.07) is 10.7. The van der Waals surface area contributed by atoms with Crippen molar-refractivity contribution < 1.29 is 18.4 Å². The average Bonchev–Trinajstić information content (AvgIpc) is 3.33. The number of hydrogen-bond acceptors (Lipinski definition) is 6. The van der Waals surface area contributed by atoms with Gasteiger partial charge in [-0.15, -0.1) is 0 Å². The molecule has 0 bridgehead atoms. The normalized spacial score (nSPS) is 10.5. The molecule has 0 atom stereocenters. The lowest BCUT2D eigenvalue weighted by Gasteiger charge is -2.05. The molecule has 1 aromatic carbocycles. The fourth-order valence-electron chi connectivity index (χ4n) is 2.78. The Hall–Kier alpha value is -3.65. The van der Waals surface area contributed by atoms with Crippen LogP contribution < -0.4 is 16.4 Å². The molecule has 4 N–H and O–H groups in total. The van der Waals surface area contributed by atoms with Gasteiger partial charge < -0.3 is 20.8 Å². The van der Waals surface area contributed by atoms with E-state index in [0.29, 0.717) is 35.4 Å². The fourth-order valence-corrected chi connectivity index (χ4v) is 3.09. The number of nitrogen functional groups attached to an aromatic ring is 1. The quantitative estimate of drug-likeness (QED) is 0.415. The number of aromatic nitrogens is 2. The third kappa shape index (κ3) is 5.49. The third-order valence-corrected chi connectivity index (χ3v) is 4.72. The van der Waals surface area contributed by atoms with Crippen LogP contribution in [0.15, 0.2) is 45.5 Å². The van der Waals surface area contributed by atoms with Crippen LogP contribution in [0.5, 0.6) is 0 Å². The highest BCUT2D eigenvalue weighted by molar-refractivity contribution is 9.10. The second kappa shape index (κ2) is 9.90. The van der Waals surface area contributed by atoms with E-state index in [4.69, 9.17) is 10.2 Å². The van der Waals surface area contributed by atoms with Crippen molar-refractivity contribution in [2.24, 2.45) is 0 Å². The number of nitriles is 1. The number of nitrogens with two attached hydrogens (primary N) is 1. The first kappa shape index (κ1) is 22.0. The number of furan rings is 1. The lowest BCUT2D eigenvalue weighted by atomic mass is 10.1. The number of nitrogens with zero attached hydrogens (tertiary/aromatic N) is 3. The Kier molecular flexibility index (Phi) is 7.04.